The normalized spacial score (nSPS) is 15.6. The third-order valence-corrected chi connectivity index (χ3v) is 6.47. The van der Waals surface area contributed by atoms with Gasteiger partial charge in [0.1, 0.15) is 17.5 Å². The Morgan fingerprint density at radius 3 is 2.69 bits per heavy atom. The summed E-state index contributed by atoms with van der Waals surface area (Å²) in [7, 11) is 1.60. The number of rotatable bonds is 7. The summed E-state index contributed by atoms with van der Waals surface area (Å²) in [6.07, 6.45) is 1.72. The van der Waals surface area contributed by atoms with Gasteiger partial charge in [0, 0.05) is 5.56 Å². The van der Waals surface area contributed by atoms with E-state index in [0.717, 1.165) is 5.56 Å². The number of aromatic nitrogens is 1. The average molecular weight is 493 g/mol. The second-order valence-electron chi connectivity index (χ2n) is 8.28. The van der Waals surface area contributed by atoms with Crippen LogP contribution in [0.25, 0.3) is 6.08 Å². The van der Waals surface area contributed by atoms with Crippen molar-refractivity contribution in [3.05, 3.63) is 90.6 Å². The molecule has 0 bridgehead atoms. The van der Waals surface area contributed by atoms with Crippen LogP contribution in [0, 0.1) is 0 Å². The lowest BCUT2D eigenvalue weighted by molar-refractivity contribution is -0.139. The molecular weight excluding hydrogens is 464 g/mol. The number of carbonyl (C=O) groups excluding carboxylic acids is 1. The first-order valence-electron chi connectivity index (χ1n) is 11.4. The third-order valence-electron chi connectivity index (χ3n) is 5.48. The number of allylic oxidation sites excluding steroid dienone is 1. The summed E-state index contributed by atoms with van der Waals surface area (Å²) in [5, 5.41) is 0. The highest BCUT2D eigenvalue weighted by Crippen LogP contribution is 2.36. The number of hydrogen-bond acceptors (Lipinski definition) is 7. The largest absolute Gasteiger partial charge is 0.497 e. The molecule has 0 fully saturated rings. The van der Waals surface area contributed by atoms with Crippen molar-refractivity contribution in [2.45, 2.75) is 39.8 Å². The van der Waals surface area contributed by atoms with Crippen LogP contribution in [0.4, 0.5) is 0 Å². The molecule has 1 aliphatic heterocycles. The number of hydrogen-bond donors (Lipinski definition) is 0. The number of thiazole rings is 1. The van der Waals surface area contributed by atoms with Crippen molar-refractivity contribution < 1.29 is 19.0 Å². The van der Waals surface area contributed by atoms with Gasteiger partial charge in [-0.25, -0.2) is 9.79 Å². The number of carbonyl (C=O) groups is 1. The minimum absolute atomic E-state index is 0.0869. The summed E-state index contributed by atoms with van der Waals surface area (Å²) in [6, 6.07) is 14.2. The van der Waals surface area contributed by atoms with Crippen LogP contribution >= 0.6 is 11.3 Å². The fourth-order valence-corrected chi connectivity index (χ4v) is 5.08. The Kier molecular flexibility index (Phi) is 7.21. The van der Waals surface area contributed by atoms with Crippen LogP contribution < -0.4 is 24.4 Å². The van der Waals surface area contributed by atoms with E-state index in [1.165, 1.54) is 11.3 Å². The van der Waals surface area contributed by atoms with Gasteiger partial charge in [0.2, 0.25) is 0 Å². The second kappa shape index (κ2) is 10.3. The van der Waals surface area contributed by atoms with Crippen molar-refractivity contribution in [2.24, 2.45) is 4.99 Å². The Labute approximate surface area is 207 Å². The molecule has 2 heterocycles. The van der Waals surface area contributed by atoms with Crippen molar-refractivity contribution in [3.63, 3.8) is 0 Å². The molecule has 0 radical (unpaired) electrons. The van der Waals surface area contributed by atoms with Crippen molar-refractivity contribution in [2.75, 3.05) is 13.7 Å². The zero-order valence-electron chi connectivity index (χ0n) is 20.4. The molecule has 0 saturated heterocycles. The molecule has 1 atom stereocenters. The SMILES string of the molecule is CCOC(=O)C1=C(C)N=c2s/c(=C\c3cccc(OC)c3)c(=O)n2[C@@H]1c1ccccc1OC(C)C. The lowest BCUT2D eigenvalue weighted by Gasteiger charge is -2.26. The molecule has 0 spiro atoms. The van der Waals surface area contributed by atoms with Gasteiger partial charge < -0.3 is 14.2 Å². The maximum absolute atomic E-state index is 13.8. The smallest absolute Gasteiger partial charge is 0.338 e. The fraction of sp³-hybridized carbons (Fsp3) is 0.296. The number of esters is 1. The number of para-hydroxylation sites is 1. The summed E-state index contributed by atoms with van der Waals surface area (Å²) in [6.45, 7) is 7.60. The van der Waals surface area contributed by atoms with Crippen LogP contribution in [0.15, 0.2) is 69.6 Å². The zero-order chi connectivity index (χ0) is 25.1. The van der Waals surface area contributed by atoms with Crippen LogP contribution in [0.3, 0.4) is 0 Å². The lowest BCUT2D eigenvalue weighted by Crippen LogP contribution is -2.40. The highest BCUT2D eigenvalue weighted by atomic mass is 32.1. The number of methoxy groups -OCH3 is 1. The van der Waals surface area contributed by atoms with Gasteiger partial charge in [-0.3, -0.25) is 9.36 Å². The van der Waals surface area contributed by atoms with Gasteiger partial charge in [-0.15, -0.1) is 0 Å². The molecule has 8 heteroatoms. The van der Waals surface area contributed by atoms with Crippen LogP contribution in [0.2, 0.25) is 0 Å². The van der Waals surface area contributed by atoms with Crippen molar-refractivity contribution in [1.82, 2.24) is 4.57 Å². The van der Waals surface area contributed by atoms with E-state index in [2.05, 4.69) is 4.99 Å². The van der Waals surface area contributed by atoms with Gasteiger partial charge in [-0.05, 0) is 57.5 Å². The summed E-state index contributed by atoms with van der Waals surface area (Å²) in [5.41, 5.74) is 2.13. The molecule has 0 aliphatic carbocycles. The van der Waals surface area contributed by atoms with Crippen LogP contribution in [-0.2, 0) is 9.53 Å². The molecule has 1 aliphatic rings. The van der Waals surface area contributed by atoms with E-state index in [9.17, 15) is 9.59 Å². The van der Waals surface area contributed by atoms with Crippen molar-refractivity contribution in [1.29, 1.82) is 0 Å². The van der Waals surface area contributed by atoms with E-state index in [0.29, 0.717) is 37.7 Å². The summed E-state index contributed by atoms with van der Waals surface area (Å²) in [4.78, 5) is 32.0. The van der Waals surface area contributed by atoms with Gasteiger partial charge in [-0.1, -0.05) is 41.7 Å². The molecule has 2 aromatic carbocycles. The number of nitrogens with zero attached hydrogens (tertiary/aromatic N) is 2. The van der Waals surface area contributed by atoms with E-state index in [1.807, 2.05) is 68.5 Å². The second-order valence-corrected chi connectivity index (χ2v) is 9.29. The molecule has 0 N–H and O–H groups in total. The van der Waals surface area contributed by atoms with E-state index >= 15 is 0 Å². The minimum atomic E-state index is -0.729. The van der Waals surface area contributed by atoms with E-state index in [4.69, 9.17) is 14.2 Å². The Hall–Kier alpha value is -3.65. The molecule has 7 nitrogen and oxygen atoms in total. The van der Waals surface area contributed by atoms with Crippen molar-refractivity contribution in [3.8, 4) is 11.5 Å². The molecule has 0 unspecified atom stereocenters. The third kappa shape index (κ3) is 4.93. The molecule has 3 aromatic rings. The number of benzene rings is 2. The van der Waals surface area contributed by atoms with E-state index in [1.54, 1.807) is 25.5 Å². The van der Waals surface area contributed by atoms with Gasteiger partial charge >= 0.3 is 5.97 Å². The summed E-state index contributed by atoms with van der Waals surface area (Å²) >= 11 is 1.28. The predicted molar refractivity (Wildman–Crippen MR) is 136 cm³/mol. The Balaban J connectivity index is 1.97. The molecule has 0 saturated carbocycles. The molecule has 1 aromatic heterocycles. The summed E-state index contributed by atoms with van der Waals surface area (Å²) < 4.78 is 18.8. The van der Waals surface area contributed by atoms with E-state index in [-0.39, 0.29) is 18.3 Å². The maximum Gasteiger partial charge on any atom is 0.338 e. The number of ether oxygens (including phenoxy) is 3. The molecular formula is C27H28N2O5S. The first kappa shape index (κ1) is 24.5. The Morgan fingerprint density at radius 1 is 1.20 bits per heavy atom. The zero-order valence-corrected chi connectivity index (χ0v) is 21.2. The molecule has 4 rings (SSSR count). The first-order chi connectivity index (χ1) is 16.8. The highest BCUT2D eigenvalue weighted by Gasteiger charge is 2.35. The lowest BCUT2D eigenvalue weighted by atomic mass is 9.95. The van der Waals surface area contributed by atoms with Crippen LogP contribution in [-0.4, -0.2) is 30.4 Å². The topological polar surface area (TPSA) is 79.1 Å². The Bertz CT molecular complexity index is 1470. The van der Waals surface area contributed by atoms with Gasteiger partial charge in [-0.2, -0.15) is 0 Å². The fourth-order valence-electron chi connectivity index (χ4n) is 4.04. The maximum atomic E-state index is 13.8. The summed E-state index contributed by atoms with van der Waals surface area (Å²) in [5.74, 6) is 0.802. The average Bonchev–Trinajstić information content (AvgIpc) is 3.13. The monoisotopic (exact) mass is 492 g/mol. The van der Waals surface area contributed by atoms with Gasteiger partial charge in [0.25, 0.3) is 5.56 Å². The first-order valence-corrected chi connectivity index (χ1v) is 12.2. The van der Waals surface area contributed by atoms with Gasteiger partial charge in [0.15, 0.2) is 4.80 Å². The standard InChI is InChI=1S/C27H28N2O5S/c1-6-33-26(31)23-17(4)28-27-29(24(23)20-12-7-8-13-21(20)34-16(2)3)25(30)22(35-27)15-18-10-9-11-19(14-18)32-5/h7-16,24H,6H2,1-5H3/b22-15-/t24-/m1/s1. The van der Waals surface area contributed by atoms with Crippen molar-refractivity contribution >= 4 is 23.4 Å². The predicted octanol–water partition coefficient (Wildman–Crippen LogP) is 3.59. The highest BCUT2D eigenvalue weighted by molar-refractivity contribution is 7.07. The minimum Gasteiger partial charge on any atom is -0.497 e. The van der Waals surface area contributed by atoms with Crippen LogP contribution in [0.1, 0.15) is 44.9 Å². The quantitative estimate of drug-likeness (QED) is 0.471. The van der Waals surface area contributed by atoms with Crippen LogP contribution in [0.5, 0.6) is 11.5 Å². The van der Waals surface area contributed by atoms with E-state index < -0.39 is 12.0 Å². The molecule has 35 heavy (non-hydrogen) atoms. The number of fused-ring (bicyclic) bond motifs is 1. The van der Waals surface area contributed by atoms with Gasteiger partial charge in [0.05, 0.1) is 35.6 Å². The molecule has 0 amide bonds. The molecule has 182 valence electrons. The Morgan fingerprint density at radius 2 is 1.97 bits per heavy atom.